The summed E-state index contributed by atoms with van der Waals surface area (Å²) >= 11 is 0. The molecule has 0 aromatic heterocycles. The summed E-state index contributed by atoms with van der Waals surface area (Å²) in [6.45, 7) is 4.69. The molecule has 0 aromatic rings. The Balaban J connectivity index is 5.12. The fourth-order valence-corrected chi connectivity index (χ4v) is 2.18. The number of carbonyl (C=O) groups is 5. The number of nitrogens with one attached hydrogen (secondary N) is 3. The Morgan fingerprint density at radius 1 is 0.926 bits per heavy atom. The molecule has 154 valence electrons. The van der Waals surface area contributed by atoms with Crippen LogP contribution in [0.3, 0.4) is 0 Å². The van der Waals surface area contributed by atoms with Crippen LogP contribution in [0.15, 0.2) is 0 Å². The average Bonchev–Trinajstić information content (AvgIpc) is 2.56. The van der Waals surface area contributed by atoms with Crippen LogP contribution in [0.5, 0.6) is 0 Å². The molecule has 0 spiro atoms. The van der Waals surface area contributed by atoms with Crippen LogP contribution < -0.4 is 27.4 Å². The first-order chi connectivity index (χ1) is 12.5. The molecule has 0 saturated carbocycles. The average molecular weight is 387 g/mol. The molecule has 0 aromatic carbocycles. The minimum Gasteiger partial charge on any atom is -0.480 e. The van der Waals surface area contributed by atoms with Gasteiger partial charge in [0.15, 0.2) is 0 Å². The Morgan fingerprint density at radius 3 is 1.93 bits per heavy atom. The Kier molecular flexibility index (Phi) is 10.7. The van der Waals surface area contributed by atoms with Crippen LogP contribution in [0, 0.1) is 5.92 Å². The van der Waals surface area contributed by atoms with Gasteiger partial charge in [-0.05, 0) is 25.7 Å². The number of rotatable bonds is 12. The first kappa shape index (κ1) is 24.3. The molecule has 0 heterocycles. The number of aliphatic carboxylic acids is 1. The zero-order valence-corrected chi connectivity index (χ0v) is 15.8. The van der Waals surface area contributed by atoms with E-state index in [4.69, 9.17) is 11.5 Å². The summed E-state index contributed by atoms with van der Waals surface area (Å²) < 4.78 is 0. The molecule has 0 aliphatic rings. The number of hydrogen-bond donors (Lipinski definition) is 6. The van der Waals surface area contributed by atoms with Crippen molar-refractivity contribution in [3.05, 3.63) is 0 Å². The number of carbonyl (C=O) groups excluding carboxylic acids is 4. The molecule has 0 unspecified atom stereocenters. The monoisotopic (exact) mass is 387 g/mol. The third kappa shape index (κ3) is 10.1. The highest BCUT2D eigenvalue weighted by Gasteiger charge is 2.28. The second-order valence-electron chi connectivity index (χ2n) is 6.59. The van der Waals surface area contributed by atoms with Gasteiger partial charge >= 0.3 is 5.97 Å². The SMILES string of the molecule is CC(C)C[C@H](NC(=O)[C@H](CCC(N)=O)NC(=O)[C@H](C)NC(=O)CN)C(=O)O. The van der Waals surface area contributed by atoms with Crippen molar-refractivity contribution in [1.29, 1.82) is 0 Å². The second-order valence-corrected chi connectivity index (χ2v) is 6.59. The molecule has 0 aliphatic heterocycles. The highest BCUT2D eigenvalue weighted by atomic mass is 16.4. The Morgan fingerprint density at radius 2 is 1.48 bits per heavy atom. The number of primary amides is 1. The number of hydrogen-bond acceptors (Lipinski definition) is 6. The van der Waals surface area contributed by atoms with Gasteiger partial charge in [-0.1, -0.05) is 13.8 Å². The van der Waals surface area contributed by atoms with E-state index in [1.807, 2.05) is 0 Å². The normalized spacial score (nSPS) is 14.0. The summed E-state index contributed by atoms with van der Waals surface area (Å²) in [7, 11) is 0. The van der Waals surface area contributed by atoms with Crippen LogP contribution in [0.2, 0.25) is 0 Å². The van der Waals surface area contributed by atoms with Crippen LogP contribution in [0.1, 0.15) is 40.0 Å². The van der Waals surface area contributed by atoms with Crippen LogP contribution in [0.4, 0.5) is 0 Å². The molecule has 0 aliphatic carbocycles. The van der Waals surface area contributed by atoms with Crippen molar-refractivity contribution < 1.29 is 29.1 Å². The summed E-state index contributed by atoms with van der Waals surface area (Å²) in [6, 6.07) is -3.30. The van der Waals surface area contributed by atoms with Gasteiger partial charge in [0.2, 0.25) is 23.6 Å². The fourth-order valence-electron chi connectivity index (χ4n) is 2.18. The van der Waals surface area contributed by atoms with E-state index >= 15 is 0 Å². The van der Waals surface area contributed by atoms with Gasteiger partial charge < -0.3 is 32.5 Å². The largest absolute Gasteiger partial charge is 0.480 e. The van der Waals surface area contributed by atoms with Gasteiger partial charge in [0.25, 0.3) is 0 Å². The van der Waals surface area contributed by atoms with Gasteiger partial charge in [0, 0.05) is 6.42 Å². The molecule has 11 heteroatoms. The van der Waals surface area contributed by atoms with Crippen LogP contribution in [-0.2, 0) is 24.0 Å². The van der Waals surface area contributed by atoms with E-state index < -0.39 is 47.7 Å². The lowest BCUT2D eigenvalue weighted by atomic mass is 10.0. The lowest BCUT2D eigenvalue weighted by Gasteiger charge is -2.23. The summed E-state index contributed by atoms with van der Waals surface area (Å²) in [5.74, 6) is -3.87. The van der Waals surface area contributed by atoms with Crippen LogP contribution in [-0.4, -0.2) is 59.4 Å². The number of carboxylic acid groups (broad SMARTS) is 1. The lowest BCUT2D eigenvalue weighted by molar-refractivity contribution is -0.143. The van der Waals surface area contributed by atoms with Crippen LogP contribution >= 0.6 is 0 Å². The van der Waals surface area contributed by atoms with Crippen LogP contribution in [0.25, 0.3) is 0 Å². The first-order valence-electron chi connectivity index (χ1n) is 8.59. The highest BCUT2D eigenvalue weighted by molar-refractivity contribution is 5.93. The maximum atomic E-state index is 12.4. The van der Waals surface area contributed by atoms with Crippen molar-refractivity contribution >= 4 is 29.6 Å². The molecule has 4 amide bonds. The highest BCUT2D eigenvalue weighted by Crippen LogP contribution is 2.07. The molecule has 0 fully saturated rings. The molecule has 0 saturated heterocycles. The van der Waals surface area contributed by atoms with Gasteiger partial charge in [-0.25, -0.2) is 4.79 Å². The van der Waals surface area contributed by atoms with Crippen molar-refractivity contribution in [1.82, 2.24) is 16.0 Å². The van der Waals surface area contributed by atoms with E-state index in [2.05, 4.69) is 16.0 Å². The number of nitrogens with two attached hydrogens (primary N) is 2. The third-order valence-corrected chi connectivity index (χ3v) is 3.59. The van der Waals surface area contributed by atoms with E-state index in [0.717, 1.165) is 0 Å². The quantitative estimate of drug-likeness (QED) is 0.219. The molecule has 8 N–H and O–H groups in total. The first-order valence-corrected chi connectivity index (χ1v) is 8.59. The zero-order chi connectivity index (χ0) is 21.1. The van der Waals surface area contributed by atoms with Gasteiger partial charge in [-0.15, -0.1) is 0 Å². The molecule has 3 atom stereocenters. The minimum absolute atomic E-state index is 0.0107. The van der Waals surface area contributed by atoms with E-state index in [-0.39, 0.29) is 31.7 Å². The second kappa shape index (κ2) is 11.8. The summed E-state index contributed by atoms with van der Waals surface area (Å²) in [5, 5.41) is 16.3. The van der Waals surface area contributed by atoms with E-state index in [1.165, 1.54) is 6.92 Å². The topological polar surface area (TPSA) is 194 Å². The van der Waals surface area contributed by atoms with E-state index in [9.17, 15) is 29.1 Å². The Labute approximate surface area is 157 Å². The maximum absolute atomic E-state index is 12.4. The van der Waals surface area contributed by atoms with Crippen molar-refractivity contribution in [2.75, 3.05) is 6.54 Å². The van der Waals surface area contributed by atoms with Crippen molar-refractivity contribution in [2.24, 2.45) is 17.4 Å². The molecule has 0 bridgehead atoms. The standard InChI is InChI=1S/C16H29N5O6/c1-8(2)6-11(16(26)27)21-15(25)10(4-5-12(18)22)20-14(24)9(3)19-13(23)7-17/h8-11H,4-7,17H2,1-3H3,(H2,18,22)(H,19,23)(H,20,24)(H,21,25)(H,26,27)/t9-,10-,11-/m0/s1. The predicted octanol–water partition coefficient (Wildman–Crippen LogP) is -2.18. The summed E-state index contributed by atoms with van der Waals surface area (Å²) in [6.07, 6.45) is -0.108. The number of carboxylic acids is 1. The molecule has 11 nitrogen and oxygen atoms in total. The predicted molar refractivity (Wildman–Crippen MR) is 96.0 cm³/mol. The summed E-state index contributed by atoms with van der Waals surface area (Å²) in [5.41, 5.74) is 10.2. The number of amides is 4. The maximum Gasteiger partial charge on any atom is 0.326 e. The molecule has 0 radical (unpaired) electrons. The van der Waals surface area contributed by atoms with Crippen molar-refractivity contribution in [2.45, 2.75) is 58.2 Å². The summed E-state index contributed by atoms with van der Waals surface area (Å²) in [4.78, 5) is 58.2. The van der Waals surface area contributed by atoms with E-state index in [0.29, 0.717) is 0 Å². The van der Waals surface area contributed by atoms with E-state index in [1.54, 1.807) is 13.8 Å². The van der Waals surface area contributed by atoms with Crippen molar-refractivity contribution in [3.8, 4) is 0 Å². The fraction of sp³-hybridized carbons (Fsp3) is 0.688. The molecular formula is C16H29N5O6. The van der Waals surface area contributed by atoms with Gasteiger partial charge in [-0.3, -0.25) is 19.2 Å². The van der Waals surface area contributed by atoms with Crippen molar-refractivity contribution in [3.63, 3.8) is 0 Å². The molecule has 27 heavy (non-hydrogen) atoms. The third-order valence-electron chi connectivity index (χ3n) is 3.59. The van der Waals surface area contributed by atoms with Gasteiger partial charge in [0.1, 0.15) is 18.1 Å². The Hall–Kier alpha value is -2.69. The minimum atomic E-state index is -1.21. The smallest absolute Gasteiger partial charge is 0.326 e. The molecule has 0 rings (SSSR count). The van der Waals surface area contributed by atoms with Gasteiger partial charge in [-0.2, -0.15) is 0 Å². The zero-order valence-electron chi connectivity index (χ0n) is 15.8. The molecular weight excluding hydrogens is 358 g/mol. The Bertz CT molecular complexity index is 566. The van der Waals surface area contributed by atoms with Gasteiger partial charge in [0.05, 0.1) is 6.54 Å². The lowest BCUT2D eigenvalue weighted by Crippen LogP contribution is -2.55.